The summed E-state index contributed by atoms with van der Waals surface area (Å²) in [6, 6.07) is 10.1. The third-order valence-electron chi connectivity index (χ3n) is 3.37. The van der Waals surface area contributed by atoms with Gasteiger partial charge in [0.2, 0.25) is 0 Å². The Balaban J connectivity index is 2.37. The number of nitrogens with zero attached hydrogens (tertiary/aromatic N) is 1. The van der Waals surface area contributed by atoms with Crippen molar-refractivity contribution in [3.05, 3.63) is 58.4 Å². The van der Waals surface area contributed by atoms with Crippen LogP contribution in [0.25, 0.3) is 0 Å². The van der Waals surface area contributed by atoms with Gasteiger partial charge in [0.05, 0.1) is 18.2 Å². The predicted molar refractivity (Wildman–Crippen MR) is 87.1 cm³/mol. The quantitative estimate of drug-likeness (QED) is 0.871. The van der Waals surface area contributed by atoms with Gasteiger partial charge in [0.25, 0.3) is 0 Å². The minimum atomic E-state index is 0.0872. The van der Waals surface area contributed by atoms with Gasteiger partial charge in [0.15, 0.2) is 0 Å². The Morgan fingerprint density at radius 1 is 1.24 bits per heavy atom. The topological polar surface area (TPSA) is 34.2 Å². The van der Waals surface area contributed by atoms with Crippen molar-refractivity contribution < 1.29 is 4.74 Å². The van der Waals surface area contributed by atoms with E-state index in [9.17, 15) is 0 Å². The van der Waals surface area contributed by atoms with Crippen molar-refractivity contribution in [3.8, 4) is 5.75 Å². The highest BCUT2D eigenvalue weighted by Gasteiger charge is 2.15. The van der Waals surface area contributed by atoms with Crippen molar-refractivity contribution in [2.24, 2.45) is 0 Å². The molecule has 112 valence electrons. The molecule has 21 heavy (non-hydrogen) atoms. The van der Waals surface area contributed by atoms with E-state index in [-0.39, 0.29) is 6.04 Å². The van der Waals surface area contributed by atoms with Crippen LogP contribution in [0.5, 0.6) is 5.75 Å². The molecule has 2 aromatic rings. The summed E-state index contributed by atoms with van der Waals surface area (Å²) in [6.45, 7) is 5.08. The van der Waals surface area contributed by atoms with Crippen LogP contribution in [-0.4, -0.2) is 18.6 Å². The Labute approximate surface area is 131 Å². The molecule has 2 rings (SSSR count). The lowest BCUT2D eigenvalue weighted by Gasteiger charge is -2.20. The van der Waals surface area contributed by atoms with Crippen molar-refractivity contribution in [2.45, 2.75) is 26.3 Å². The summed E-state index contributed by atoms with van der Waals surface area (Å²) >= 11 is 6.11. The molecule has 0 saturated carbocycles. The van der Waals surface area contributed by atoms with Gasteiger partial charge in [-0.1, -0.05) is 30.7 Å². The number of pyridine rings is 1. The Kier molecular flexibility index (Phi) is 5.59. The van der Waals surface area contributed by atoms with Crippen LogP contribution >= 0.6 is 11.6 Å². The summed E-state index contributed by atoms with van der Waals surface area (Å²) in [5.41, 5.74) is 3.27. The van der Waals surface area contributed by atoms with E-state index in [2.05, 4.69) is 23.3 Å². The minimum absolute atomic E-state index is 0.0872. The molecule has 0 aliphatic heterocycles. The van der Waals surface area contributed by atoms with Gasteiger partial charge in [-0.25, -0.2) is 0 Å². The first-order valence-electron chi connectivity index (χ1n) is 7.15. The fourth-order valence-corrected chi connectivity index (χ4v) is 2.42. The van der Waals surface area contributed by atoms with E-state index in [1.54, 1.807) is 7.11 Å². The second kappa shape index (κ2) is 7.43. The summed E-state index contributed by atoms with van der Waals surface area (Å²) in [5.74, 6) is 0.692. The number of nitrogens with one attached hydrogen (secondary N) is 1. The molecular formula is C17H21ClN2O. The molecule has 1 aromatic heterocycles. The normalized spacial score (nSPS) is 12.2. The van der Waals surface area contributed by atoms with Gasteiger partial charge in [0, 0.05) is 11.9 Å². The number of benzene rings is 1. The third kappa shape index (κ3) is 3.96. The van der Waals surface area contributed by atoms with Crippen molar-refractivity contribution in [1.29, 1.82) is 0 Å². The van der Waals surface area contributed by atoms with Crippen molar-refractivity contribution in [2.75, 3.05) is 13.7 Å². The van der Waals surface area contributed by atoms with E-state index in [1.165, 1.54) is 0 Å². The Morgan fingerprint density at radius 2 is 2.00 bits per heavy atom. The average molecular weight is 305 g/mol. The van der Waals surface area contributed by atoms with Gasteiger partial charge >= 0.3 is 0 Å². The highest BCUT2D eigenvalue weighted by Crippen LogP contribution is 2.30. The van der Waals surface area contributed by atoms with Gasteiger partial charge in [-0.3, -0.25) is 4.98 Å². The van der Waals surface area contributed by atoms with Crippen LogP contribution in [0.2, 0.25) is 5.02 Å². The molecule has 0 amide bonds. The van der Waals surface area contributed by atoms with Gasteiger partial charge in [-0.15, -0.1) is 0 Å². The Hall–Kier alpha value is -1.58. The van der Waals surface area contributed by atoms with Crippen LogP contribution in [0.15, 0.2) is 36.5 Å². The molecule has 0 bridgehead atoms. The lowest BCUT2D eigenvalue weighted by atomic mass is 9.99. The molecule has 0 spiro atoms. The highest BCUT2D eigenvalue weighted by molar-refractivity contribution is 6.32. The van der Waals surface area contributed by atoms with Gasteiger partial charge in [-0.05, 0) is 49.2 Å². The van der Waals surface area contributed by atoms with Crippen LogP contribution in [0.1, 0.15) is 36.2 Å². The Bertz CT molecular complexity index is 584. The van der Waals surface area contributed by atoms with Crippen LogP contribution in [0.3, 0.4) is 0 Å². The summed E-state index contributed by atoms with van der Waals surface area (Å²) in [7, 11) is 1.63. The number of rotatable bonds is 6. The molecule has 3 nitrogen and oxygen atoms in total. The molecule has 0 radical (unpaired) electrons. The molecule has 0 aliphatic carbocycles. The van der Waals surface area contributed by atoms with E-state index in [0.29, 0.717) is 10.8 Å². The lowest BCUT2D eigenvalue weighted by Crippen LogP contribution is -2.23. The molecule has 1 heterocycles. The van der Waals surface area contributed by atoms with E-state index in [0.717, 1.165) is 29.8 Å². The van der Waals surface area contributed by atoms with E-state index in [4.69, 9.17) is 16.3 Å². The standard InChI is InChI=1S/C17H21ClN2O/c1-4-9-19-17(14-6-5-12(2)20-11-14)13-7-8-15(18)16(10-13)21-3/h5-8,10-11,17,19H,4,9H2,1-3H3. The lowest BCUT2D eigenvalue weighted by molar-refractivity contribution is 0.414. The van der Waals surface area contributed by atoms with Crippen molar-refractivity contribution >= 4 is 11.6 Å². The number of aromatic nitrogens is 1. The van der Waals surface area contributed by atoms with Crippen LogP contribution < -0.4 is 10.1 Å². The number of methoxy groups -OCH3 is 1. The Morgan fingerprint density at radius 3 is 2.62 bits per heavy atom. The first kappa shape index (κ1) is 15.8. The first-order valence-corrected chi connectivity index (χ1v) is 7.53. The van der Waals surface area contributed by atoms with Crippen molar-refractivity contribution in [3.63, 3.8) is 0 Å². The van der Waals surface area contributed by atoms with Crippen LogP contribution in [0, 0.1) is 6.92 Å². The summed E-state index contributed by atoms with van der Waals surface area (Å²) < 4.78 is 5.32. The molecule has 1 unspecified atom stereocenters. The molecule has 0 saturated heterocycles. The number of aryl methyl sites for hydroxylation is 1. The SMILES string of the molecule is CCCNC(c1ccc(C)nc1)c1ccc(Cl)c(OC)c1. The molecule has 1 atom stereocenters. The van der Waals surface area contributed by atoms with Gasteiger partial charge in [0.1, 0.15) is 5.75 Å². The molecule has 4 heteroatoms. The third-order valence-corrected chi connectivity index (χ3v) is 3.69. The van der Waals surface area contributed by atoms with E-state index in [1.807, 2.05) is 37.4 Å². The second-order valence-corrected chi connectivity index (χ2v) is 5.42. The zero-order valence-electron chi connectivity index (χ0n) is 12.7. The molecule has 0 fully saturated rings. The zero-order valence-corrected chi connectivity index (χ0v) is 13.4. The number of hydrogen-bond donors (Lipinski definition) is 1. The molecule has 1 N–H and O–H groups in total. The maximum atomic E-state index is 6.11. The maximum absolute atomic E-state index is 6.11. The van der Waals surface area contributed by atoms with Crippen LogP contribution in [0.4, 0.5) is 0 Å². The highest BCUT2D eigenvalue weighted by atomic mass is 35.5. The fraction of sp³-hybridized carbons (Fsp3) is 0.353. The predicted octanol–water partition coefficient (Wildman–Crippen LogP) is 4.14. The summed E-state index contributed by atoms with van der Waals surface area (Å²) in [6.07, 6.45) is 2.99. The smallest absolute Gasteiger partial charge is 0.137 e. The molecule has 0 aliphatic rings. The summed E-state index contributed by atoms with van der Waals surface area (Å²) in [4.78, 5) is 4.40. The zero-order chi connectivity index (χ0) is 15.2. The maximum Gasteiger partial charge on any atom is 0.137 e. The number of ether oxygens (including phenoxy) is 1. The average Bonchev–Trinajstić information content (AvgIpc) is 2.50. The monoisotopic (exact) mass is 304 g/mol. The molecular weight excluding hydrogens is 284 g/mol. The van der Waals surface area contributed by atoms with Gasteiger partial charge < -0.3 is 10.1 Å². The number of halogens is 1. The largest absolute Gasteiger partial charge is 0.495 e. The van der Waals surface area contributed by atoms with Crippen molar-refractivity contribution in [1.82, 2.24) is 10.3 Å². The first-order chi connectivity index (χ1) is 10.2. The van der Waals surface area contributed by atoms with Gasteiger partial charge in [-0.2, -0.15) is 0 Å². The number of hydrogen-bond acceptors (Lipinski definition) is 3. The molecule has 1 aromatic carbocycles. The van der Waals surface area contributed by atoms with E-state index < -0.39 is 0 Å². The van der Waals surface area contributed by atoms with Crippen LogP contribution in [-0.2, 0) is 0 Å². The minimum Gasteiger partial charge on any atom is -0.495 e. The summed E-state index contributed by atoms with van der Waals surface area (Å²) in [5, 5.41) is 4.18. The fourth-order valence-electron chi connectivity index (χ4n) is 2.22. The van der Waals surface area contributed by atoms with E-state index >= 15 is 0 Å². The second-order valence-electron chi connectivity index (χ2n) is 5.01.